The van der Waals surface area contributed by atoms with Crippen molar-refractivity contribution in [1.29, 1.82) is 0 Å². The molecule has 13 nitrogen and oxygen atoms in total. The van der Waals surface area contributed by atoms with Crippen LogP contribution in [0, 0.1) is 17.0 Å². The zero-order chi connectivity index (χ0) is 36.8. The SMILES string of the molecule is C=C(Cc1ccc(Nc2ccc([N+](=O)[O-])c3nonc23)cc1)NCCCCNC(=O)Cc1c(C)n(C(=O)c2ccc(Cl)cc2)c2ccc(OC)cc12. The van der Waals surface area contributed by atoms with E-state index in [1.54, 1.807) is 48.1 Å². The van der Waals surface area contributed by atoms with Gasteiger partial charge in [-0.1, -0.05) is 30.3 Å². The molecular formula is C38H36ClN7O6. The van der Waals surface area contributed by atoms with Crippen LogP contribution in [0.25, 0.3) is 21.9 Å². The molecule has 0 saturated carbocycles. The van der Waals surface area contributed by atoms with E-state index in [1.165, 1.54) is 6.07 Å². The summed E-state index contributed by atoms with van der Waals surface area (Å²) < 4.78 is 11.8. The molecule has 3 N–H and O–H groups in total. The van der Waals surface area contributed by atoms with Gasteiger partial charge >= 0.3 is 5.69 Å². The Bertz CT molecular complexity index is 2280. The molecule has 0 atom stereocenters. The minimum Gasteiger partial charge on any atom is -0.497 e. The van der Waals surface area contributed by atoms with E-state index in [1.807, 2.05) is 43.3 Å². The third kappa shape index (κ3) is 7.89. The number of anilines is 2. The molecule has 0 radical (unpaired) electrons. The number of amides is 1. The van der Waals surface area contributed by atoms with Crippen LogP contribution < -0.4 is 20.7 Å². The van der Waals surface area contributed by atoms with Gasteiger partial charge in [0.1, 0.15) is 5.75 Å². The molecule has 14 heteroatoms. The second-order valence-electron chi connectivity index (χ2n) is 12.2. The summed E-state index contributed by atoms with van der Waals surface area (Å²) in [5.74, 6) is 0.306. The Morgan fingerprint density at radius 1 is 0.942 bits per heavy atom. The Labute approximate surface area is 303 Å². The van der Waals surface area contributed by atoms with Gasteiger partial charge in [0.25, 0.3) is 5.91 Å². The van der Waals surface area contributed by atoms with Crippen molar-refractivity contribution in [2.75, 3.05) is 25.5 Å². The molecule has 1 amide bonds. The molecule has 0 unspecified atom stereocenters. The summed E-state index contributed by atoms with van der Waals surface area (Å²) in [6.45, 7) is 7.21. The Balaban J connectivity index is 0.962. The molecule has 52 heavy (non-hydrogen) atoms. The van der Waals surface area contributed by atoms with Crippen LogP contribution in [-0.2, 0) is 17.6 Å². The standard InChI is InChI=1S/C38H36ClN7O6/c1-23(20-25-6-12-28(13-7-25)42-32-15-17-34(46(49)50)37-36(32)43-52-44-37)40-18-4-5-19-41-35(47)22-30-24(2)45(33-16-14-29(51-3)21-31(30)33)38(48)26-8-10-27(39)11-9-26/h6-17,21,40,42H,1,4-5,18-20,22H2,2-3H3,(H,41,47). The minimum atomic E-state index is -0.526. The smallest absolute Gasteiger partial charge is 0.300 e. The van der Waals surface area contributed by atoms with Gasteiger partial charge in [-0.05, 0) is 102 Å². The molecule has 0 aliphatic rings. The number of hydrogen-bond acceptors (Lipinski definition) is 10. The number of nitro benzene ring substituents is 1. The lowest BCUT2D eigenvalue weighted by Gasteiger charge is -2.11. The highest BCUT2D eigenvalue weighted by molar-refractivity contribution is 6.30. The van der Waals surface area contributed by atoms with E-state index in [4.69, 9.17) is 21.0 Å². The van der Waals surface area contributed by atoms with Crippen molar-refractivity contribution in [3.05, 3.63) is 129 Å². The van der Waals surface area contributed by atoms with Crippen molar-refractivity contribution in [3.8, 4) is 5.75 Å². The number of nitrogens with one attached hydrogen (secondary N) is 3. The van der Waals surface area contributed by atoms with Gasteiger partial charge in [-0.2, -0.15) is 0 Å². The number of halogens is 1. The Morgan fingerprint density at radius 2 is 1.65 bits per heavy atom. The number of carbonyl (C=O) groups excluding carboxylic acids is 2. The molecular weight excluding hydrogens is 686 g/mol. The lowest BCUT2D eigenvalue weighted by atomic mass is 10.1. The topological polar surface area (TPSA) is 166 Å². The van der Waals surface area contributed by atoms with Gasteiger partial charge in [0, 0.05) is 58.6 Å². The van der Waals surface area contributed by atoms with Gasteiger partial charge < -0.3 is 20.7 Å². The molecule has 6 rings (SSSR count). The third-order valence-corrected chi connectivity index (χ3v) is 8.97. The molecule has 266 valence electrons. The van der Waals surface area contributed by atoms with Crippen molar-refractivity contribution < 1.29 is 23.9 Å². The van der Waals surface area contributed by atoms with Gasteiger partial charge in [0.2, 0.25) is 11.4 Å². The lowest BCUT2D eigenvalue weighted by molar-refractivity contribution is -0.383. The number of fused-ring (bicyclic) bond motifs is 2. The molecule has 0 fully saturated rings. The highest BCUT2D eigenvalue weighted by atomic mass is 35.5. The Hall–Kier alpha value is -6.21. The summed E-state index contributed by atoms with van der Waals surface area (Å²) in [6, 6.07) is 22.9. The van der Waals surface area contributed by atoms with E-state index in [0.717, 1.165) is 40.7 Å². The van der Waals surface area contributed by atoms with Crippen LogP contribution in [0.5, 0.6) is 5.75 Å². The number of carbonyl (C=O) groups is 2. The maximum Gasteiger partial charge on any atom is 0.300 e. The average Bonchev–Trinajstić information content (AvgIpc) is 3.73. The number of ether oxygens (including phenoxy) is 1. The minimum absolute atomic E-state index is 0.0811. The summed E-state index contributed by atoms with van der Waals surface area (Å²) in [4.78, 5) is 37.4. The Kier molecular flexibility index (Phi) is 10.8. The first-order valence-corrected chi connectivity index (χ1v) is 16.9. The van der Waals surface area contributed by atoms with Gasteiger partial charge in [-0.25, -0.2) is 4.63 Å². The van der Waals surface area contributed by atoms with Crippen molar-refractivity contribution in [3.63, 3.8) is 0 Å². The maximum absolute atomic E-state index is 13.5. The van der Waals surface area contributed by atoms with Gasteiger partial charge in [0.05, 0.1) is 29.7 Å². The van der Waals surface area contributed by atoms with Gasteiger partial charge in [0.15, 0.2) is 5.52 Å². The van der Waals surface area contributed by atoms with Crippen molar-refractivity contribution >= 4 is 62.4 Å². The molecule has 2 heterocycles. The maximum atomic E-state index is 13.5. The van der Waals surface area contributed by atoms with Crippen LogP contribution in [0.15, 0.2) is 95.8 Å². The zero-order valence-electron chi connectivity index (χ0n) is 28.6. The van der Waals surface area contributed by atoms with Gasteiger partial charge in [-0.15, -0.1) is 0 Å². The largest absolute Gasteiger partial charge is 0.497 e. The first-order valence-electron chi connectivity index (χ1n) is 16.5. The third-order valence-electron chi connectivity index (χ3n) is 8.72. The molecule has 0 bridgehead atoms. The van der Waals surface area contributed by atoms with Crippen LogP contribution in [0.4, 0.5) is 17.1 Å². The van der Waals surface area contributed by atoms with E-state index >= 15 is 0 Å². The number of nitrogens with zero attached hydrogens (tertiary/aromatic N) is 4. The fourth-order valence-electron chi connectivity index (χ4n) is 6.03. The summed E-state index contributed by atoms with van der Waals surface area (Å²) in [5, 5.41) is 29.6. The fraction of sp³-hybridized carbons (Fsp3) is 0.211. The van der Waals surface area contributed by atoms with E-state index in [-0.39, 0.29) is 35.0 Å². The summed E-state index contributed by atoms with van der Waals surface area (Å²) >= 11 is 6.04. The van der Waals surface area contributed by atoms with Crippen LogP contribution >= 0.6 is 11.6 Å². The Morgan fingerprint density at radius 3 is 2.37 bits per heavy atom. The molecule has 4 aromatic carbocycles. The molecule has 0 aliphatic carbocycles. The number of allylic oxidation sites excluding steroid dienone is 1. The number of rotatable bonds is 15. The van der Waals surface area contributed by atoms with E-state index < -0.39 is 4.92 Å². The average molecular weight is 722 g/mol. The number of benzene rings is 4. The number of methoxy groups -OCH3 is 1. The monoisotopic (exact) mass is 721 g/mol. The highest BCUT2D eigenvalue weighted by Crippen LogP contribution is 2.32. The number of hydrogen-bond donors (Lipinski definition) is 3. The van der Waals surface area contributed by atoms with Crippen LogP contribution in [0.3, 0.4) is 0 Å². The second kappa shape index (κ2) is 15.8. The summed E-state index contributed by atoms with van der Waals surface area (Å²) in [6.07, 6.45) is 2.35. The van der Waals surface area contributed by atoms with Crippen molar-refractivity contribution in [1.82, 2.24) is 25.5 Å². The first-order chi connectivity index (χ1) is 25.1. The normalized spacial score (nSPS) is 11.1. The first kappa shape index (κ1) is 35.6. The summed E-state index contributed by atoms with van der Waals surface area (Å²) in [5.41, 5.74) is 6.08. The van der Waals surface area contributed by atoms with Crippen LogP contribution in [0.1, 0.15) is 40.0 Å². The lowest BCUT2D eigenvalue weighted by Crippen LogP contribution is -2.27. The van der Waals surface area contributed by atoms with Crippen LogP contribution in [-0.4, -0.2) is 51.8 Å². The van der Waals surface area contributed by atoms with Crippen molar-refractivity contribution in [2.45, 2.75) is 32.6 Å². The highest BCUT2D eigenvalue weighted by Gasteiger charge is 2.22. The number of aromatic nitrogens is 3. The molecule has 0 spiro atoms. The predicted octanol–water partition coefficient (Wildman–Crippen LogP) is 7.27. The van der Waals surface area contributed by atoms with E-state index in [0.29, 0.717) is 52.7 Å². The zero-order valence-corrected chi connectivity index (χ0v) is 29.3. The van der Waals surface area contributed by atoms with E-state index in [2.05, 4.69) is 32.8 Å². The van der Waals surface area contributed by atoms with Crippen LogP contribution in [0.2, 0.25) is 5.02 Å². The number of non-ortho nitro benzene ring substituents is 1. The molecule has 0 saturated heterocycles. The quantitative estimate of drug-likeness (QED) is 0.0557. The second-order valence-corrected chi connectivity index (χ2v) is 12.6. The fourth-order valence-corrected chi connectivity index (χ4v) is 6.16. The predicted molar refractivity (Wildman–Crippen MR) is 199 cm³/mol. The number of nitro groups is 1. The number of unbranched alkanes of at least 4 members (excludes halogenated alkanes) is 1. The van der Waals surface area contributed by atoms with E-state index in [9.17, 15) is 19.7 Å². The van der Waals surface area contributed by atoms with Crippen molar-refractivity contribution in [2.24, 2.45) is 0 Å². The molecule has 6 aromatic rings. The van der Waals surface area contributed by atoms with Gasteiger partial charge in [-0.3, -0.25) is 24.3 Å². The summed E-state index contributed by atoms with van der Waals surface area (Å²) in [7, 11) is 1.58. The molecule has 0 aliphatic heterocycles. The molecule has 2 aromatic heterocycles.